The Bertz CT molecular complexity index is 727. The van der Waals surface area contributed by atoms with Crippen molar-refractivity contribution in [3.8, 4) is 11.1 Å². The lowest BCUT2D eigenvalue weighted by molar-refractivity contribution is -0.130. The van der Waals surface area contributed by atoms with Crippen molar-refractivity contribution in [1.29, 1.82) is 0 Å². The van der Waals surface area contributed by atoms with Crippen LogP contribution < -0.4 is 0 Å². The number of methoxy groups -OCH3 is 1. The Kier molecular flexibility index (Phi) is 6.42. The van der Waals surface area contributed by atoms with Gasteiger partial charge in [0.25, 0.3) is 0 Å². The van der Waals surface area contributed by atoms with Crippen LogP contribution in [0.2, 0.25) is 0 Å². The molecule has 1 heterocycles. The van der Waals surface area contributed by atoms with E-state index in [9.17, 15) is 4.79 Å². The Labute approximate surface area is 156 Å². The summed E-state index contributed by atoms with van der Waals surface area (Å²) < 4.78 is 5.10. The largest absolute Gasteiger partial charge is 0.383 e. The van der Waals surface area contributed by atoms with Crippen molar-refractivity contribution in [2.24, 2.45) is 0 Å². The first-order chi connectivity index (χ1) is 12.7. The molecule has 0 bridgehead atoms. The molecule has 2 aromatic rings. The SMILES string of the molecule is COCCN1CCN(Cc2ccc(-c3ccccc3C)cc2)CCC1=O. The van der Waals surface area contributed by atoms with Crippen LogP contribution in [-0.4, -0.2) is 55.6 Å². The van der Waals surface area contributed by atoms with Crippen molar-refractivity contribution < 1.29 is 9.53 Å². The highest BCUT2D eigenvalue weighted by molar-refractivity contribution is 5.76. The van der Waals surface area contributed by atoms with Gasteiger partial charge in [0.1, 0.15) is 0 Å². The van der Waals surface area contributed by atoms with Gasteiger partial charge in [-0.1, -0.05) is 48.5 Å². The molecule has 3 rings (SSSR count). The highest BCUT2D eigenvalue weighted by Crippen LogP contribution is 2.23. The summed E-state index contributed by atoms with van der Waals surface area (Å²) in [5, 5.41) is 0. The fourth-order valence-electron chi connectivity index (χ4n) is 3.45. The molecular formula is C22H28N2O2. The van der Waals surface area contributed by atoms with Gasteiger partial charge < -0.3 is 9.64 Å². The van der Waals surface area contributed by atoms with Crippen LogP contribution in [0, 0.1) is 6.92 Å². The van der Waals surface area contributed by atoms with E-state index in [2.05, 4.69) is 60.4 Å². The molecule has 0 radical (unpaired) electrons. The van der Waals surface area contributed by atoms with Gasteiger partial charge in [0, 0.05) is 46.3 Å². The molecule has 4 heteroatoms. The van der Waals surface area contributed by atoms with Crippen molar-refractivity contribution in [3.63, 3.8) is 0 Å². The van der Waals surface area contributed by atoms with E-state index in [1.807, 2.05) is 4.90 Å². The first kappa shape index (κ1) is 18.6. The number of carbonyl (C=O) groups is 1. The first-order valence-electron chi connectivity index (χ1n) is 9.31. The Morgan fingerprint density at radius 2 is 1.77 bits per heavy atom. The molecule has 26 heavy (non-hydrogen) atoms. The average Bonchev–Trinajstić information content (AvgIpc) is 2.83. The summed E-state index contributed by atoms with van der Waals surface area (Å²) in [7, 11) is 1.68. The summed E-state index contributed by atoms with van der Waals surface area (Å²) in [6, 6.07) is 17.3. The quantitative estimate of drug-likeness (QED) is 0.799. The molecule has 0 unspecified atom stereocenters. The second-order valence-electron chi connectivity index (χ2n) is 6.91. The second-order valence-corrected chi connectivity index (χ2v) is 6.91. The predicted octanol–water partition coefficient (Wildman–Crippen LogP) is 3.34. The standard InChI is InChI=1S/C22H28N2O2/c1-18-5-3-4-6-21(18)20-9-7-19(8-10-20)17-23-12-11-22(25)24(14-13-23)15-16-26-2/h3-10H,11-17H2,1-2H3. The molecule has 138 valence electrons. The number of rotatable bonds is 6. The van der Waals surface area contributed by atoms with Crippen LogP contribution in [-0.2, 0) is 16.1 Å². The van der Waals surface area contributed by atoms with Crippen LogP contribution in [0.5, 0.6) is 0 Å². The fourth-order valence-corrected chi connectivity index (χ4v) is 3.45. The minimum Gasteiger partial charge on any atom is -0.383 e. The number of aryl methyl sites for hydroxylation is 1. The number of hydrogen-bond donors (Lipinski definition) is 0. The van der Waals surface area contributed by atoms with Crippen LogP contribution in [0.1, 0.15) is 17.5 Å². The number of nitrogens with zero attached hydrogens (tertiary/aromatic N) is 2. The summed E-state index contributed by atoms with van der Waals surface area (Å²) in [5.41, 5.74) is 5.12. The number of amides is 1. The van der Waals surface area contributed by atoms with Gasteiger partial charge in [0.15, 0.2) is 0 Å². The van der Waals surface area contributed by atoms with Gasteiger partial charge >= 0.3 is 0 Å². The van der Waals surface area contributed by atoms with Crippen LogP contribution in [0.3, 0.4) is 0 Å². The Morgan fingerprint density at radius 3 is 2.50 bits per heavy atom. The highest BCUT2D eigenvalue weighted by Gasteiger charge is 2.20. The summed E-state index contributed by atoms with van der Waals surface area (Å²) in [6.45, 7) is 6.84. The van der Waals surface area contributed by atoms with Gasteiger partial charge in [0.05, 0.1) is 6.61 Å². The van der Waals surface area contributed by atoms with Gasteiger partial charge in [-0.25, -0.2) is 0 Å². The highest BCUT2D eigenvalue weighted by atomic mass is 16.5. The monoisotopic (exact) mass is 352 g/mol. The molecule has 1 saturated heterocycles. The van der Waals surface area contributed by atoms with E-state index in [-0.39, 0.29) is 5.91 Å². The first-order valence-corrected chi connectivity index (χ1v) is 9.31. The topological polar surface area (TPSA) is 32.8 Å². The molecule has 1 fully saturated rings. The Morgan fingerprint density at radius 1 is 1.00 bits per heavy atom. The van der Waals surface area contributed by atoms with E-state index < -0.39 is 0 Å². The smallest absolute Gasteiger partial charge is 0.223 e. The molecule has 1 aliphatic heterocycles. The van der Waals surface area contributed by atoms with Crippen LogP contribution in [0.25, 0.3) is 11.1 Å². The summed E-state index contributed by atoms with van der Waals surface area (Å²) in [4.78, 5) is 16.5. The van der Waals surface area contributed by atoms with E-state index in [0.29, 0.717) is 19.6 Å². The third-order valence-electron chi connectivity index (χ3n) is 5.06. The van der Waals surface area contributed by atoms with E-state index in [1.54, 1.807) is 7.11 Å². The van der Waals surface area contributed by atoms with Gasteiger partial charge in [-0.3, -0.25) is 9.69 Å². The van der Waals surface area contributed by atoms with Crippen molar-refractivity contribution in [1.82, 2.24) is 9.80 Å². The fraction of sp³-hybridized carbons (Fsp3) is 0.409. The number of hydrogen-bond acceptors (Lipinski definition) is 3. The Hall–Kier alpha value is -2.17. The molecule has 0 atom stereocenters. The molecule has 0 aliphatic carbocycles. The molecule has 0 spiro atoms. The number of carbonyl (C=O) groups excluding carboxylic acids is 1. The molecule has 4 nitrogen and oxygen atoms in total. The lowest BCUT2D eigenvalue weighted by Crippen LogP contribution is -2.35. The number of benzene rings is 2. The van der Waals surface area contributed by atoms with E-state index in [1.165, 1.54) is 22.3 Å². The zero-order chi connectivity index (χ0) is 18.4. The molecule has 0 aromatic heterocycles. The third kappa shape index (κ3) is 4.71. The van der Waals surface area contributed by atoms with Crippen LogP contribution in [0.4, 0.5) is 0 Å². The maximum absolute atomic E-state index is 12.2. The zero-order valence-corrected chi connectivity index (χ0v) is 15.8. The van der Waals surface area contributed by atoms with Crippen molar-refractivity contribution in [3.05, 3.63) is 59.7 Å². The van der Waals surface area contributed by atoms with Crippen LogP contribution >= 0.6 is 0 Å². The molecule has 0 saturated carbocycles. The summed E-state index contributed by atoms with van der Waals surface area (Å²) in [6.07, 6.45) is 0.588. The van der Waals surface area contributed by atoms with Gasteiger partial charge in [0.2, 0.25) is 5.91 Å². The Balaban J connectivity index is 1.61. The summed E-state index contributed by atoms with van der Waals surface area (Å²) >= 11 is 0. The van der Waals surface area contributed by atoms with Gasteiger partial charge in [-0.2, -0.15) is 0 Å². The van der Waals surface area contributed by atoms with Crippen molar-refractivity contribution in [2.75, 3.05) is 39.9 Å². The lowest BCUT2D eigenvalue weighted by atomic mass is 9.99. The van der Waals surface area contributed by atoms with E-state index >= 15 is 0 Å². The molecule has 1 aliphatic rings. The minimum atomic E-state index is 0.236. The molecule has 0 N–H and O–H groups in total. The third-order valence-corrected chi connectivity index (χ3v) is 5.06. The zero-order valence-electron chi connectivity index (χ0n) is 15.8. The maximum atomic E-state index is 12.2. The van der Waals surface area contributed by atoms with E-state index in [4.69, 9.17) is 4.74 Å². The van der Waals surface area contributed by atoms with Gasteiger partial charge in [-0.15, -0.1) is 0 Å². The predicted molar refractivity (Wildman–Crippen MR) is 105 cm³/mol. The lowest BCUT2D eigenvalue weighted by Gasteiger charge is -2.22. The summed E-state index contributed by atoms with van der Waals surface area (Å²) in [5.74, 6) is 0.236. The minimum absolute atomic E-state index is 0.236. The van der Waals surface area contributed by atoms with E-state index in [0.717, 1.165) is 26.2 Å². The molecule has 1 amide bonds. The maximum Gasteiger partial charge on any atom is 0.223 e. The average molecular weight is 352 g/mol. The molecule has 2 aromatic carbocycles. The van der Waals surface area contributed by atoms with Crippen LogP contribution in [0.15, 0.2) is 48.5 Å². The molecular weight excluding hydrogens is 324 g/mol. The second kappa shape index (κ2) is 8.97. The van der Waals surface area contributed by atoms with Crippen molar-refractivity contribution >= 4 is 5.91 Å². The van der Waals surface area contributed by atoms with Gasteiger partial charge in [-0.05, 0) is 29.2 Å². The normalized spacial score (nSPS) is 15.9. The number of ether oxygens (including phenoxy) is 1. The van der Waals surface area contributed by atoms with Crippen molar-refractivity contribution in [2.45, 2.75) is 19.9 Å².